The summed E-state index contributed by atoms with van der Waals surface area (Å²) in [6.07, 6.45) is -0.894. The Labute approximate surface area is 98.0 Å². The quantitative estimate of drug-likeness (QED) is 0.829. The SMILES string of the molecule is CNC(=O)NC(=O)[C@@H](C)Oc1cccc(F)c1. The van der Waals surface area contributed by atoms with Crippen LogP contribution < -0.4 is 15.4 Å². The number of hydrogen-bond donors (Lipinski definition) is 2. The van der Waals surface area contributed by atoms with E-state index in [2.05, 4.69) is 10.6 Å². The van der Waals surface area contributed by atoms with Gasteiger partial charge in [-0.25, -0.2) is 9.18 Å². The Morgan fingerprint density at radius 2 is 2.12 bits per heavy atom. The van der Waals surface area contributed by atoms with Crippen molar-refractivity contribution in [2.45, 2.75) is 13.0 Å². The summed E-state index contributed by atoms with van der Waals surface area (Å²) in [4.78, 5) is 22.3. The van der Waals surface area contributed by atoms with E-state index in [1.54, 1.807) is 0 Å². The second-order valence-corrected chi connectivity index (χ2v) is 3.29. The van der Waals surface area contributed by atoms with E-state index in [0.717, 1.165) is 6.07 Å². The van der Waals surface area contributed by atoms with Crippen LogP contribution in [-0.4, -0.2) is 25.1 Å². The van der Waals surface area contributed by atoms with Crippen molar-refractivity contribution in [2.24, 2.45) is 0 Å². The van der Waals surface area contributed by atoms with Gasteiger partial charge in [-0.15, -0.1) is 0 Å². The lowest BCUT2D eigenvalue weighted by Gasteiger charge is -2.13. The van der Waals surface area contributed by atoms with E-state index in [9.17, 15) is 14.0 Å². The van der Waals surface area contributed by atoms with Crippen molar-refractivity contribution in [3.8, 4) is 5.75 Å². The molecule has 0 aliphatic rings. The summed E-state index contributed by atoms with van der Waals surface area (Å²) >= 11 is 0. The summed E-state index contributed by atoms with van der Waals surface area (Å²) in [5.74, 6) is -0.834. The molecule has 0 aliphatic carbocycles. The fourth-order valence-electron chi connectivity index (χ4n) is 1.07. The van der Waals surface area contributed by atoms with E-state index in [0.29, 0.717) is 0 Å². The second-order valence-electron chi connectivity index (χ2n) is 3.29. The van der Waals surface area contributed by atoms with Crippen LogP contribution in [0.4, 0.5) is 9.18 Å². The van der Waals surface area contributed by atoms with Crippen LogP contribution in [0, 0.1) is 5.82 Å². The van der Waals surface area contributed by atoms with Crippen LogP contribution >= 0.6 is 0 Å². The third kappa shape index (κ3) is 4.10. The molecule has 0 saturated heterocycles. The van der Waals surface area contributed by atoms with Crippen LogP contribution in [0.3, 0.4) is 0 Å². The Kier molecular flexibility index (Phi) is 4.45. The van der Waals surface area contributed by atoms with Crippen molar-refractivity contribution in [3.63, 3.8) is 0 Å². The molecule has 6 heteroatoms. The third-order valence-electron chi connectivity index (χ3n) is 1.94. The van der Waals surface area contributed by atoms with Crippen molar-refractivity contribution >= 4 is 11.9 Å². The maximum atomic E-state index is 12.8. The van der Waals surface area contributed by atoms with Gasteiger partial charge in [0.1, 0.15) is 11.6 Å². The number of rotatable bonds is 3. The molecule has 0 radical (unpaired) electrons. The van der Waals surface area contributed by atoms with Crippen LogP contribution in [-0.2, 0) is 4.79 Å². The van der Waals surface area contributed by atoms with Crippen molar-refractivity contribution in [2.75, 3.05) is 7.05 Å². The average molecular weight is 240 g/mol. The third-order valence-corrected chi connectivity index (χ3v) is 1.94. The topological polar surface area (TPSA) is 67.4 Å². The molecular formula is C11H13FN2O3. The zero-order chi connectivity index (χ0) is 12.8. The number of halogens is 1. The monoisotopic (exact) mass is 240 g/mol. The predicted molar refractivity (Wildman–Crippen MR) is 59.1 cm³/mol. The molecule has 0 aromatic heterocycles. The zero-order valence-corrected chi connectivity index (χ0v) is 9.49. The normalized spacial score (nSPS) is 11.5. The van der Waals surface area contributed by atoms with E-state index in [4.69, 9.17) is 4.74 Å². The second kappa shape index (κ2) is 5.83. The van der Waals surface area contributed by atoms with Gasteiger partial charge in [-0.1, -0.05) is 6.07 Å². The van der Waals surface area contributed by atoms with E-state index in [1.807, 2.05) is 0 Å². The maximum absolute atomic E-state index is 12.8. The first-order chi connectivity index (χ1) is 8.02. The molecule has 0 saturated carbocycles. The molecule has 5 nitrogen and oxygen atoms in total. The molecule has 1 aromatic carbocycles. The number of urea groups is 1. The molecule has 92 valence electrons. The first-order valence-electron chi connectivity index (χ1n) is 4.97. The van der Waals surface area contributed by atoms with E-state index >= 15 is 0 Å². The fraction of sp³-hybridized carbons (Fsp3) is 0.273. The highest BCUT2D eigenvalue weighted by atomic mass is 19.1. The van der Waals surface area contributed by atoms with Crippen LogP contribution in [0.1, 0.15) is 6.92 Å². The minimum Gasteiger partial charge on any atom is -0.481 e. The number of carbonyl (C=O) groups is 2. The molecule has 1 aromatic rings. The van der Waals surface area contributed by atoms with Crippen molar-refractivity contribution in [1.82, 2.24) is 10.6 Å². The van der Waals surface area contributed by atoms with Crippen molar-refractivity contribution in [3.05, 3.63) is 30.1 Å². The standard InChI is InChI=1S/C11H13FN2O3/c1-7(10(15)14-11(16)13-2)17-9-5-3-4-8(12)6-9/h3-7H,1-2H3,(H2,13,14,15,16)/t7-/m1/s1. The van der Waals surface area contributed by atoms with Crippen molar-refractivity contribution in [1.29, 1.82) is 0 Å². The molecule has 0 heterocycles. The maximum Gasteiger partial charge on any atom is 0.321 e. The highest BCUT2D eigenvalue weighted by Gasteiger charge is 2.16. The largest absolute Gasteiger partial charge is 0.481 e. The molecule has 0 spiro atoms. The van der Waals surface area contributed by atoms with Gasteiger partial charge in [0.15, 0.2) is 6.10 Å². The summed E-state index contributed by atoms with van der Waals surface area (Å²) in [7, 11) is 1.39. The van der Waals surface area contributed by atoms with Gasteiger partial charge < -0.3 is 10.1 Å². The lowest BCUT2D eigenvalue weighted by molar-refractivity contribution is -0.126. The highest BCUT2D eigenvalue weighted by Crippen LogP contribution is 2.13. The minimum absolute atomic E-state index is 0.226. The number of benzene rings is 1. The number of amides is 3. The molecular weight excluding hydrogens is 227 g/mol. The molecule has 0 unspecified atom stereocenters. The Morgan fingerprint density at radius 3 is 2.71 bits per heavy atom. The zero-order valence-electron chi connectivity index (χ0n) is 9.49. The summed E-state index contributed by atoms with van der Waals surface area (Å²) in [5, 5.41) is 4.29. The molecule has 0 aliphatic heterocycles. The molecule has 0 bridgehead atoms. The number of nitrogens with one attached hydrogen (secondary N) is 2. The van der Waals surface area contributed by atoms with E-state index in [1.165, 1.54) is 32.2 Å². The van der Waals surface area contributed by atoms with Crippen LogP contribution in [0.2, 0.25) is 0 Å². The molecule has 3 amide bonds. The minimum atomic E-state index is -0.894. The average Bonchev–Trinajstić information content (AvgIpc) is 2.28. The van der Waals surface area contributed by atoms with Crippen LogP contribution in [0.25, 0.3) is 0 Å². The van der Waals surface area contributed by atoms with Gasteiger partial charge in [-0.3, -0.25) is 10.1 Å². The van der Waals surface area contributed by atoms with Gasteiger partial charge in [0.05, 0.1) is 0 Å². The Balaban J connectivity index is 2.57. The van der Waals surface area contributed by atoms with Crippen LogP contribution in [0.5, 0.6) is 5.75 Å². The van der Waals surface area contributed by atoms with Gasteiger partial charge in [0.25, 0.3) is 5.91 Å². The number of carbonyl (C=O) groups excluding carboxylic acids is 2. The highest BCUT2D eigenvalue weighted by molar-refractivity contribution is 5.96. The lowest BCUT2D eigenvalue weighted by atomic mass is 10.3. The van der Waals surface area contributed by atoms with Gasteiger partial charge >= 0.3 is 6.03 Å². The molecule has 2 N–H and O–H groups in total. The molecule has 17 heavy (non-hydrogen) atoms. The smallest absolute Gasteiger partial charge is 0.321 e. The van der Waals surface area contributed by atoms with E-state index in [-0.39, 0.29) is 5.75 Å². The van der Waals surface area contributed by atoms with Gasteiger partial charge in [-0.05, 0) is 19.1 Å². The van der Waals surface area contributed by atoms with Crippen LogP contribution in [0.15, 0.2) is 24.3 Å². The molecule has 1 atom stereocenters. The number of ether oxygens (including phenoxy) is 1. The molecule has 0 fully saturated rings. The van der Waals surface area contributed by atoms with Gasteiger partial charge in [0.2, 0.25) is 0 Å². The van der Waals surface area contributed by atoms with E-state index < -0.39 is 23.9 Å². The lowest BCUT2D eigenvalue weighted by Crippen LogP contribution is -2.43. The Hall–Kier alpha value is -2.11. The predicted octanol–water partition coefficient (Wildman–Crippen LogP) is 1.05. The summed E-state index contributed by atoms with van der Waals surface area (Å²) < 4.78 is 18.0. The summed E-state index contributed by atoms with van der Waals surface area (Å²) in [5.41, 5.74) is 0. The Morgan fingerprint density at radius 1 is 1.41 bits per heavy atom. The summed E-state index contributed by atoms with van der Waals surface area (Å²) in [6, 6.07) is 4.79. The van der Waals surface area contributed by atoms with Crippen molar-refractivity contribution < 1.29 is 18.7 Å². The van der Waals surface area contributed by atoms with Gasteiger partial charge in [0, 0.05) is 13.1 Å². The first-order valence-corrected chi connectivity index (χ1v) is 4.97. The fourth-order valence-corrected chi connectivity index (χ4v) is 1.07. The number of imide groups is 1. The first kappa shape index (κ1) is 13.0. The Bertz CT molecular complexity index is 423. The molecule has 1 rings (SSSR count). The number of hydrogen-bond acceptors (Lipinski definition) is 3. The summed E-state index contributed by atoms with van der Waals surface area (Å²) in [6.45, 7) is 1.46. The van der Waals surface area contributed by atoms with Gasteiger partial charge in [-0.2, -0.15) is 0 Å².